The summed E-state index contributed by atoms with van der Waals surface area (Å²) in [4.78, 5) is 17.1. The molecule has 2 aromatic rings. The third-order valence-electron chi connectivity index (χ3n) is 5.56. The van der Waals surface area contributed by atoms with Crippen LogP contribution in [0.1, 0.15) is 30.9 Å². The smallest absolute Gasteiger partial charge is 0.316 e. The van der Waals surface area contributed by atoms with Gasteiger partial charge in [0.25, 0.3) is 0 Å². The fourth-order valence-electron chi connectivity index (χ4n) is 3.87. The molecule has 1 fully saturated rings. The second-order valence-electron chi connectivity index (χ2n) is 7.62. The van der Waals surface area contributed by atoms with Crippen molar-refractivity contribution in [1.82, 2.24) is 4.90 Å². The molecule has 162 valence electrons. The lowest BCUT2D eigenvalue weighted by Crippen LogP contribution is -2.46. The molecule has 3 rings (SSSR count). The van der Waals surface area contributed by atoms with Gasteiger partial charge in [-0.3, -0.25) is 4.90 Å². The van der Waals surface area contributed by atoms with E-state index >= 15 is 0 Å². The van der Waals surface area contributed by atoms with Gasteiger partial charge in [0.1, 0.15) is 0 Å². The number of hydrogen-bond acceptors (Lipinski definition) is 5. The summed E-state index contributed by atoms with van der Waals surface area (Å²) in [6, 6.07) is 15.7. The molecule has 4 N–H and O–H groups in total. The van der Waals surface area contributed by atoms with E-state index in [4.69, 9.17) is 5.73 Å². The molecular formula is C23H32N4O2S. The van der Waals surface area contributed by atoms with Gasteiger partial charge in [-0.2, -0.15) is 0 Å². The third-order valence-corrected chi connectivity index (χ3v) is 6.36. The molecular weight excluding hydrogens is 396 g/mol. The van der Waals surface area contributed by atoms with Crippen LogP contribution in [0.4, 0.5) is 16.2 Å². The Kier molecular flexibility index (Phi) is 8.42. The van der Waals surface area contributed by atoms with E-state index < -0.39 is 12.1 Å². The molecule has 1 aliphatic heterocycles. The maximum Gasteiger partial charge on any atom is 0.316 e. The average molecular weight is 429 g/mol. The zero-order valence-electron chi connectivity index (χ0n) is 17.6. The highest BCUT2D eigenvalue weighted by Crippen LogP contribution is 2.30. The fourth-order valence-corrected chi connectivity index (χ4v) is 4.41. The summed E-state index contributed by atoms with van der Waals surface area (Å²) in [5.41, 5.74) is 8.03. The molecule has 0 bridgehead atoms. The topological polar surface area (TPSA) is 81.8 Å². The van der Waals surface area contributed by atoms with Crippen LogP contribution in [0.2, 0.25) is 0 Å². The van der Waals surface area contributed by atoms with Gasteiger partial charge in [-0.1, -0.05) is 24.3 Å². The Morgan fingerprint density at radius 2 is 1.87 bits per heavy atom. The number of anilines is 2. The Bertz CT molecular complexity index is 810. The number of carbonyl (C=O) groups is 1. The molecule has 0 saturated carbocycles. The number of unbranched alkanes of at least 4 members (excludes halogenated alkanes) is 1. The first-order valence-electron chi connectivity index (χ1n) is 10.5. The lowest BCUT2D eigenvalue weighted by molar-refractivity contribution is 0.160. The first-order chi connectivity index (χ1) is 14.6. The minimum atomic E-state index is -0.593. The Morgan fingerprint density at radius 1 is 1.13 bits per heavy atom. The van der Waals surface area contributed by atoms with Crippen LogP contribution in [0.5, 0.6) is 0 Å². The van der Waals surface area contributed by atoms with E-state index in [0.717, 1.165) is 56.0 Å². The van der Waals surface area contributed by atoms with Crippen molar-refractivity contribution in [2.24, 2.45) is 5.73 Å². The van der Waals surface area contributed by atoms with Gasteiger partial charge in [0.05, 0.1) is 11.8 Å². The standard InChI is InChI=1S/C23H32N4O2S/c1-30-22-11-10-18(17-20(22)25-23(24)29)21(28)9-5-6-12-26-13-15-27(16-14-26)19-7-3-2-4-8-19/h2-4,7-8,10-11,17,21,28H,5-6,9,12-16H2,1H3,(H3,24,25,29). The van der Waals surface area contributed by atoms with Crippen LogP contribution in [-0.4, -0.2) is 55.0 Å². The minimum absolute atomic E-state index is 0.538. The van der Waals surface area contributed by atoms with E-state index in [0.29, 0.717) is 12.1 Å². The van der Waals surface area contributed by atoms with Crippen LogP contribution >= 0.6 is 11.8 Å². The normalized spacial score (nSPS) is 15.7. The summed E-state index contributed by atoms with van der Waals surface area (Å²) in [6.45, 7) is 5.34. The van der Waals surface area contributed by atoms with E-state index in [-0.39, 0.29) is 0 Å². The Balaban J connectivity index is 1.40. The van der Waals surface area contributed by atoms with Crippen molar-refractivity contribution < 1.29 is 9.90 Å². The van der Waals surface area contributed by atoms with Crippen LogP contribution in [0, 0.1) is 0 Å². The van der Waals surface area contributed by atoms with Crippen LogP contribution in [0.25, 0.3) is 0 Å². The highest BCUT2D eigenvalue weighted by molar-refractivity contribution is 7.98. The molecule has 1 atom stereocenters. The molecule has 1 unspecified atom stereocenters. The average Bonchev–Trinajstić information content (AvgIpc) is 2.77. The van der Waals surface area contributed by atoms with Gasteiger partial charge in [-0.15, -0.1) is 11.8 Å². The van der Waals surface area contributed by atoms with Crippen molar-refractivity contribution >= 4 is 29.2 Å². The number of aliphatic hydroxyl groups is 1. The van der Waals surface area contributed by atoms with E-state index in [1.807, 2.05) is 24.5 Å². The van der Waals surface area contributed by atoms with Crippen molar-refractivity contribution in [3.8, 4) is 0 Å². The Hall–Kier alpha value is -2.22. The molecule has 2 amide bonds. The number of urea groups is 1. The summed E-state index contributed by atoms with van der Waals surface area (Å²) in [6.07, 6.45) is 4.14. The van der Waals surface area contributed by atoms with Crippen molar-refractivity contribution in [3.05, 3.63) is 54.1 Å². The first-order valence-corrected chi connectivity index (χ1v) is 11.7. The fraction of sp³-hybridized carbons (Fsp3) is 0.435. The highest BCUT2D eigenvalue weighted by atomic mass is 32.2. The van der Waals surface area contributed by atoms with Gasteiger partial charge in [0, 0.05) is 36.8 Å². The number of nitrogens with one attached hydrogen (secondary N) is 1. The molecule has 6 nitrogen and oxygen atoms in total. The highest BCUT2D eigenvalue weighted by Gasteiger charge is 2.17. The molecule has 7 heteroatoms. The van der Waals surface area contributed by atoms with Crippen LogP contribution in [0.15, 0.2) is 53.4 Å². The molecule has 1 aliphatic rings. The Morgan fingerprint density at radius 3 is 2.53 bits per heavy atom. The molecule has 0 aromatic heterocycles. The largest absolute Gasteiger partial charge is 0.388 e. The van der Waals surface area contributed by atoms with Gasteiger partial charge >= 0.3 is 6.03 Å². The molecule has 0 aliphatic carbocycles. The number of primary amides is 1. The lowest BCUT2D eigenvalue weighted by atomic mass is 10.0. The minimum Gasteiger partial charge on any atom is -0.388 e. The van der Waals surface area contributed by atoms with Gasteiger partial charge in [0.2, 0.25) is 0 Å². The molecule has 30 heavy (non-hydrogen) atoms. The monoisotopic (exact) mass is 428 g/mol. The SMILES string of the molecule is CSc1ccc(C(O)CCCCN2CCN(c3ccccc3)CC2)cc1NC(N)=O. The number of carbonyl (C=O) groups excluding carboxylic acids is 1. The number of para-hydroxylation sites is 1. The molecule has 1 heterocycles. The lowest BCUT2D eigenvalue weighted by Gasteiger charge is -2.36. The zero-order chi connectivity index (χ0) is 21.3. The first kappa shape index (κ1) is 22.5. The second-order valence-corrected chi connectivity index (χ2v) is 8.47. The number of benzene rings is 2. The number of piperazine rings is 1. The van der Waals surface area contributed by atoms with Gasteiger partial charge < -0.3 is 21.1 Å². The number of amides is 2. The van der Waals surface area contributed by atoms with Crippen molar-refractivity contribution in [3.63, 3.8) is 0 Å². The van der Waals surface area contributed by atoms with Gasteiger partial charge in [-0.25, -0.2) is 4.79 Å². The van der Waals surface area contributed by atoms with Gasteiger partial charge in [0.15, 0.2) is 0 Å². The molecule has 0 spiro atoms. The van der Waals surface area contributed by atoms with E-state index in [1.54, 1.807) is 0 Å². The molecule has 0 radical (unpaired) electrons. The van der Waals surface area contributed by atoms with Crippen molar-refractivity contribution in [2.45, 2.75) is 30.3 Å². The van der Waals surface area contributed by atoms with Crippen LogP contribution in [0.3, 0.4) is 0 Å². The van der Waals surface area contributed by atoms with Crippen LogP contribution < -0.4 is 16.0 Å². The molecule has 2 aromatic carbocycles. The van der Waals surface area contributed by atoms with Crippen LogP contribution in [-0.2, 0) is 0 Å². The quantitative estimate of drug-likeness (QED) is 0.416. The maximum absolute atomic E-state index is 11.2. The van der Waals surface area contributed by atoms with E-state index in [9.17, 15) is 9.90 Å². The summed E-state index contributed by atoms with van der Waals surface area (Å²) < 4.78 is 0. The number of rotatable bonds is 9. The van der Waals surface area contributed by atoms with E-state index in [2.05, 4.69) is 45.4 Å². The summed E-state index contributed by atoms with van der Waals surface area (Å²) in [5.74, 6) is 0. The number of nitrogens with zero attached hydrogens (tertiary/aromatic N) is 2. The summed E-state index contributed by atoms with van der Waals surface area (Å²) in [7, 11) is 0. The summed E-state index contributed by atoms with van der Waals surface area (Å²) >= 11 is 1.53. The number of aliphatic hydroxyl groups excluding tert-OH is 1. The van der Waals surface area contributed by atoms with Crippen molar-refractivity contribution in [2.75, 3.05) is 49.2 Å². The zero-order valence-corrected chi connectivity index (χ0v) is 18.4. The number of thioether (sulfide) groups is 1. The van der Waals surface area contributed by atoms with Gasteiger partial charge in [-0.05, 0) is 61.9 Å². The number of hydrogen-bond donors (Lipinski definition) is 3. The summed E-state index contributed by atoms with van der Waals surface area (Å²) in [5, 5.41) is 13.2. The van der Waals surface area contributed by atoms with Crippen molar-refractivity contribution in [1.29, 1.82) is 0 Å². The second kappa shape index (κ2) is 11.2. The predicted molar refractivity (Wildman–Crippen MR) is 125 cm³/mol. The predicted octanol–water partition coefficient (Wildman–Crippen LogP) is 3.93. The molecule has 1 saturated heterocycles. The maximum atomic E-state index is 11.2. The third kappa shape index (κ3) is 6.39. The Labute approximate surface area is 183 Å². The number of nitrogens with two attached hydrogens (primary N) is 1. The van der Waals surface area contributed by atoms with E-state index in [1.165, 1.54) is 17.4 Å².